The van der Waals surface area contributed by atoms with Crippen LogP contribution in [-0.2, 0) is 19.4 Å². The minimum atomic E-state index is -3.43. The van der Waals surface area contributed by atoms with E-state index in [4.69, 9.17) is 4.74 Å². The fourth-order valence-corrected chi connectivity index (χ4v) is 5.15. The summed E-state index contributed by atoms with van der Waals surface area (Å²) in [6.07, 6.45) is 1.25. The first-order chi connectivity index (χ1) is 9.76. The van der Waals surface area contributed by atoms with Gasteiger partial charge in [-0.3, -0.25) is 0 Å². The van der Waals surface area contributed by atoms with E-state index >= 15 is 0 Å². The van der Waals surface area contributed by atoms with E-state index in [0.29, 0.717) is 11.5 Å². The van der Waals surface area contributed by atoms with Crippen LogP contribution in [0.3, 0.4) is 0 Å². The second-order valence-corrected chi connectivity index (χ2v) is 8.53. The predicted molar refractivity (Wildman–Crippen MR) is 77.0 cm³/mol. The summed E-state index contributed by atoms with van der Waals surface area (Å²) in [6.45, 7) is 0.406. The Kier molecular flexibility index (Phi) is 4.69. The molecule has 10 heteroatoms. The molecule has 8 nitrogen and oxygen atoms in total. The predicted octanol–water partition coefficient (Wildman–Crippen LogP) is -0.641. The molecule has 0 aromatic rings. The molecule has 2 unspecified atom stereocenters. The number of urea groups is 1. The number of ether oxygens (including phenoxy) is 1. The number of nitrogens with zero attached hydrogens (tertiary/aromatic N) is 1. The zero-order chi connectivity index (χ0) is 15.7. The van der Waals surface area contributed by atoms with Crippen molar-refractivity contribution in [2.45, 2.75) is 17.3 Å². The maximum atomic E-state index is 12.3. The fraction of sp³-hybridized carbons (Fsp3) is 0.818. The first-order valence-corrected chi connectivity index (χ1v) is 9.54. The molecule has 2 amide bonds. The highest BCUT2D eigenvalue weighted by atomic mass is 32.2. The Morgan fingerprint density at radius 1 is 1.48 bits per heavy atom. The average molecular weight is 338 g/mol. The van der Waals surface area contributed by atoms with Gasteiger partial charge in [-0.25, -0.2) is 18.0 Å². The zero-order valence-corrected chi connectivity index (χ0v) is 13.2. The van der Waals surface area contributed by atoms with Gasteiger partial charge >= 0.3 is 12.0 Å². The number of sulfone groups is 1. The van der Waals surface area contributed by atoms with Gasteiger partial charge in [0, 0.05) is 37.3 Å². The van der Waals surface area contributed by atoms with Gasteiger partial charge in [0.2, 0.25) is 0 Å². The van der Waals surface area contributed by atoms with Crippen LogP contribution in [0, 0.1) is 0 Å². The molecule has 2 fully saturated rings. The largest absolute Gasteiger partial charge is 0.479 e. The number of hydrogen-bond acceptors (Lipinski definition) is 6. The molecule has 0 spiro atoms. The van der Waals surface area contributed by atoms with Crippen molar-refractivity contribution in [2.24, 2.45) is 0 Å². The van der Waals surface area contributed by atoms with Gasteiger partial charge in [-0.05, 0) is 0 Å². The van der Waals surface area contributed by atoms with E-state index < -0.39 is 32.8 Å². The Hall–Kier alpha value is -1.00. The molecule has 0 aromatic heterocycles. The average Bonchev–Trinajstić information content (AvgIpc) is 2.87. The van der Waals surface area contributed by atoms with Gasteiger partial charge in [0.05, 0.1) is 6.61 Å². The normalized spacial score (nSPS) is 30.1. The lowest BCUT2D eigenvalue weighted by Crippen LogP contribution is -2.62. The first kappa shape index (κ1) is 16.4. The highest BCUT2D eigenvalue weighted by Gasteiger charge is 2.46. The van der Waals surface area contributed by atoms with E-state index in [0.717, 1.165) is 6.26 Å². The number of hydrogen-bond donors (Lipinski definition) is 2. The molecule has 0 aliphatic carbocycles. The molecule has 2 saturated heterocycles. The molecule has 2 aliphatic rings. The van der Waals surface area contributed by atoms with E-state index in [2.05, 4.69) is 5.32 Å². The number of amides is 2. The van der Waals surface area contributed by atoms with Crippen molar-refractivity contribution < 1.29 is 27.9 Å². The summed E-state index contributed by atoms with van der Waals surface area (Å²) >= 11 is 1.46. The van der Waals surface area contributed by atoms with Crippen LogP contribution in [0.15, 0.2) is 0 Å². The molecule has 2 rings (SSSR count). The molecule has 2 heterocycles. The van der Waals surface area contributed by atoms with Gasteiger partial charge in [-0.1, -0.05) is 0 Å². The molecule has 2 N–H and O–H groups in total. The van der Waals surface area contributed by atoms with Crippen LogP contribution in [0.25, 0.3) is 0 Å². The second-order valence-electron chi connectivity index (χ2n) is 5.17. The molecule has 120 valence electrons. The first-order valence-electron chi connectivity index (χ1n) is 6.43. The number of nitrogens with one attached hydrogen (secondary N) is 1. The fourth-order valence-electron chi connectivity index (χ4n) is 2.33. The monoisotopic (exact) mass is 338 g/mol. The Morgan fingerprint density at radius 3 is 2.71 bits per heavy atom. The lowest BCUT2D eigenvalue weighted by atomic mass is 9.99. The maximum absolute atomic E-state index is 12.3. The van der Waals surface area contributed by atoms with Crippen LogP contribution in [0.5, 0.6) is 0 Å². The van der Waals surface area contributed by atoms with Gasteiger partial charge in [-0.2, -0.15) is 11.8 Å². The molecule has 0 bridgehead atoms. The van der Waals surface area contributed by atoms with E-state index in [9.17, 15) is 23.1 Å². The summed E-state index contributed by atoms with van der Waals surface area (Å²) in [4.78, 5) is 24.9. The van der Waals surface area contributed by atoms with Crippen molar-refractivity contribution in [3.05, 3.63) is 0 Å². The van der Waals surface area contributed by atoms with Crippen LogP contribution < -0.4 is 5.32 Å². The number of aliphatic carboxylic acids is 1. The van der Waals surface area contributed by atoms with Crippen LogP contribution in [0.2, 0.25) is 0 Å². The molecule has 0 radical (unpaired) electrons. The summed E-state index contributed by atoms with van der Waals surface area (Å²) in [5.41, 5.74) is -1.47. The number of carbonyl (C=O) groups excluding carboxylic acids is 1. The second kappa shape index (κ2) is 6.01. The topological polar surface area (TPSA) is 113 Å². The number of carbonyl (C=O) groups is 2. The number of rotatable bonds is 3. The van der Waals surface area contributed by atoms with Crippen LogP contribution in [-0.4, -0.2) is 78.9 Å². The van der Waals surface area contributed by atoms with Crippen molar-refractivity contribution in [1.82, 2.24) is 10.2 Å². The molecule has 2 atom stereocenters. The van der Waals surface area contributed by atoms with Crippen molar-refractivity contribution in [2.75, 3.05) is 37.5 Å². The van der Waals surface area contributed by atoms with E-state index in [1.165, 1.54) is 16.7 Å². The summed E-state index contributed by atoms with van der Waals surface area (Å²) in [5, 5.41) is 10.8. The highest BCUT2D eigenvalue weighted by molar-refractivity contribution is 8.00. The molecule has 0 aromatic carbocycles. The third-order valence-electron chi connectivity index (χ3n) is 3.62. The van der Waals surface area contributed by atoms with Gasteiger partial charge in [-0.15, -0.1) is 0 Å². The minimum absolute atomic E-state index is 0.111. The standard InChI is InChI=1S/C11H18N2O6S2/c1-21(17,18)8-6-20-5-3-13(8)10(16)12-11(9(14)15)2-4-19-7-11/h8H,2-7H2,1H3,(H,12,16)(H,14,15). The summed E-state index contributed by atoms with van der Waals surface area (Å²) < 4.78 is 28.6. The minimum Gasteiger partial charge on any atom is -0.479 e. The lowest BCUT2D eigenvalue weighted by molar-refractivity contribution is -0.144. The van der Waals surface area contributed by atoms with Gasteiger partial charge < -0.3 is 20.1 Å². The lowest BCUT2D eigenvalue weighted by Gasteiger charge is -2.36. The Morgan fingerprint density at radius 2 is 2.19 bits per heavy atom. The van der Waals surface area contributed by atoms with Crippen molar-refractivity contribution in [3.63, 3.8) is 0 Å². The van der Waals surface area contributed by atoms with E-state index in [1.807, 2.05) is 0 Å². The Labute approximate surface area is 127 Å². The summed E-state index contributed by atoms with van der Waals surface area (Å²) in [6, 6.07) is -0.668. The SMILES string of the molecule is CS(=O)(=O)C1CSCCN1C(=O)NC1(C(=O)O)CCOC1. The van der Waals surface area contributed by atoms with Gasteiger partial charge in [0.25, 0.3) is 0 Å². The third kappa shape index (κ3) is 3.43. The maximum Gasteiger partial charge on any atom is 0.332 e. The van der Waals surface area contributed by atoms with Gasteiger partial charge in [0.1, 0.15) is 5.37 Å². The molecule has 0 saturated carbocycles. The molecule has 21 heavy (non-hydrogen) atoms. The highest BCUT2D eigenvalue weighted by Crippen LogP contribution is 2.23. The zero-order valence-electron chi connectivity index (χ0n) is 11.6. The van der Waals surface area contributed by atoms with Crippen molar-refractivity contribution in [1.29, 1.82) is 0 Å². The van der Waals surface area contributed by atoms with Crippen LogP contribution >= 0.6 is 11.8 Å². The summed E-state index contributed by atoms with van der Waals surface area (Å²) in [7, 11) is -3.43. The number of thioether (sulfide) groups is 1. The number of carboxylic acid groups (broad SMARTS) is 1. The van der Waals surface area contributed by atoms with Gasteiger partial charge in [0.15, 0.2) is 15.4 Å². The van der Waals surface area contributed by atoms with E-state index in [1.54, 1.807) is 0 Å². The number of carboxylic acids is 1. The Bertz CT molecular complexity index is 529. The molecular formula is C11H18N2O6S2. The summed E-state index contributed by atoms with van der Waals surface area (Å²) in [5.74, 6) is -0.255. The smallest absolute Gasteiger partial charge is 0.332 e. The molecular weight excluding hydrogens is 320 g/mol. The van der Waals surface area contributed by atoms with E-state index in [-0.39, 0.29) is 26.2 Å². The van der Waals surface area contributed by atoms with Crippen molar-refractivity contribution in [3.8, 4) is 0 Å². The third-order valence-corrected chi connectivity index (χ3v) is 6.26. The quantitative estimate of drug-likeness (QED) is 0.703. The van der Waals surface area contributed by atoms with Crippen LogP contribution in [0.4, 0.5) is 4.79 Å². The molecule has 2 aliphatic heterocycles. The van der Waals surface area contributed by atoms with Crippen molar-refractivity contribution >= 4 is 33.6 Å². The van der Waals surface area contributed by atoms with Crippen LogP contribution in [0.1, 0.15) is 6.42 Å². The Balaban J connectivity index is 2.16.